The predicted octanol–water partition coefficient (Wildman–Crippen LogP) is 6.06. The molecule has 1 aliphatic heterocycles. The lowest BCUT2D eigenvalue weighted by molar-refractivity contribution is -0.0500. The molecule has 39 heavy (non-hydrogen) atoms. The van der Waals surface area contributed by atoms with E-state index in [1.54, 1.807) is 24.4 Å². The SMILES string of the molecule is C[Si](C)(C)CCOCn1c(-c2ccc3cc(OS(=O)(=O)C(F)(F)F)ccc3c2)cnc1[C@@H]1CCCN1C(=O)O. The molecule has 1 fully saturated rings. The minimum Gasteiger partial charge on any atom is -0.465 e. The zero-order valence-electron chi connectivity index (χ0n) is 21.7. The quantitative estimate of drug-likeness (QED) is 0.141. The number of carboxylic acid groups (broad SMARTS) is 1. The van der Waals surface area contributed by atoms with Crippen molar-refractivity contribution >= 4 is 35.1 Å². The number of alkyl halides is 3. The summed E-state index contributed by atoms with van der Waals surface area (Å²) < 4.78 is 73.0. The number of halogens is 3. The van der Waals surface area contributed by atoms with E-state index in [0.29, 0.717) is 41.9 Å². The Hall–Kier alpha value is -3.10. The Labute approximate surface area is 225 Å². The molecule has 2 aromatic carbocycles. The average Bonchev–Trinajstić information content (AvgIpc) is 3.47. The number of amides is 1. The largest absolute Gasteiger partial charge is 0.534 e. The molecule has 1 aromatic heterocycles. The molecular weight excluding hydrogens is 555 g/mol. The Morgan fingerprint density at radius 2 is 1.85 bits per heavy atom. The van der Waals surface area contributed by atoms with Crippen LogP contribution in [0.1, 0.15) is 24.7 Å². The average molecular weight is 586 g/mol. The molecule has 1 aliphatic rings. The van der Waals surface area contributed by atoms with E-state index in [1.165, 1.54) is 17.0 Å². The van der Waals surface area contributed by atoms with Crippen molar-refractivity contribution in [2.45, 2.75) is 56.8 Å². The van der Waals surface area contributed by atoms with Gasteiger partial charge in [0.15, 0.2) is 0 Å². The summed E-state index contributed by atoms with van der Waals surface area (Å²) in [5, 5.41) is 10.8. The van der Waals surface area contributed by atoms with Crippen LogP contribution >= 0.6 is 0 Å². The second-order valence-electron chi connectivity index (χ2n) is 10.6. The third-order valence-electron chi connectivity index (χ3n) is 6.50. The van der Waals surface area contributed by atoms with Gasteiger partial charge in [-0.25, -0.2) is 9.78 Å². The Morgan fingerprint density at radius 1 is 1.15 bits per heavy atom. The van der Waals surface area contributed by atoms with Crippen molar-refractivity contribution in [2.75, 3.05) is 13.2 Å². The lowest BCUT2D eigenvalue weighted by atomic mass is 10.0. The van der Waals surface area contributed by atoms with Gasteiger partial charge in [-0.2, -0.15) is 21.6 Å². The summed E-state index contributed by atoms with van der Waals surface area (Å²) in [6, 6.07) is 9.55. The van der Waals surface area contributed by atoms with E-state index in [2.05, 4.69) is 28.8 Å². The maximum absolute atomic E-state index is 12.7. The molecule has 3 aromatic rings. The van der Waals surface area contributed by atoms with Gasteiger partial charge in [0.25, 0.3) is 0 Å². The van der Waals surface area contributed by atoms with Crippen LogP contribution in [0, 0.1) is 0 Å². The van der Waals surface area contributed by atoms with Crippen molar-refractivity contribution in [1.82, 2.24) is 14.5 Å². The van der Waals surface area contributed by atoms with Crippen LogP contribution in [0.2, 0.25) is 25.7 Å². The van der Waals surface area contributed by atoms with Crippen LogP contribution in [0.15, 0.2) is 42.6 Å². The molecule has 0 bridgehead atoms. The van der Waals surface area contributed by atoms with Gasteiger partial charge in [-0.15, -0.1) is 0 Å². The van der Waals surface area contributed by atoms with Crippen molar-refractivity contribution in [2.24, 2.45) is 0 Å². The first kappa shape index (κ1) is 28.9. The number of fused-ring (bicyclic) bond motifs is 1. The van der Waals surface area contributed by atoms with Gasteiger partial charge in [0.2, 0.25) is 0 Å². The van der Waals surface area contributed by atoms with Crippen LogP contribution in [0.3, 0.4) is 0 Å². The molecule has 0 spiro atoms. The van der Waals surface area contributed by atoms with E-state index < -0.39 is 41.6 Å². The van der Waals surface area contributed by atoms with E-state index in [0.717, 1.165) is 24.1 Å². The van der Waals surface area contributed by atoms with Gasteiger partial charge in [-0.3, -0.25) is 4.90 Å². The minimum absolute atomic E-state index is 0.180. The molecule has 1 saturated heterocycles. The molecule has 1 atom stereocenters. The summed E-state index contributed by atoms with van der Waals surface area (Å²) in [7, 11) is -7.11. The number of rotatable bonds is 9. The normalized spacial score (nSPS) is 16.7. The third kappa shape index (κ3) is 6.56. The Kier molecular flexibility index (Phi) is 8.01. The monoisotopic (exact) mass is 585 g/mol. The zero-order valence-corrected chi connectivity index (χ0v) is 23.6. The van der Waals surface area contributed by atoms with Gasteiger partial charge in [-0.05, 0) is 47.9 Å². The van der Waals surface area contributed by atoms with Crippen molar-refractivity contribution in [3.8, 4) is 17.0 Å². The molecule has 0 saturated carbocycles. The van der Waals surface area contributed by atoms with Crippen molar-refractivity contribution in [3.05, 3.63) is 48.4 Å². The van der Waals surface area contributed by atoms with Crippen LogP contribution in [0.5, 0.6) is 5.75 Å². The first-order valence-electron chi connectivity index (χ1n) is 12.3. The van der Waals surface area contributed by atoms with Crippen LogP contribution in [0.4, 0.5) is 18.0 Å². The van der Waals surface area contributed by atoms with Gasteiger partial charge in [0.05, 0.1) is 17.9 Å². The fraction of sp³-hybridized carbons (Fsp3) is 0.440. The number of nitrogens with zero attached hydrogens (tertiary/aromatic N) is 3. The summed E-state index contributed by atoms with van der Waals surface area (Å²) in [5.41, 5.74) is -4.11. The number of aromatic nitrogens is 2. The van der Waals surface area contributed by atoms with Gasteiger partial charge in [0, 0.05) is 26.8 Å². The predicted molar refractivity (Wildman–Crippen MR) is 142 cm³/mol. The maximum Gasteiger partial charge on any atom is 0.534 e. The Bertz CT molecular complexity index is 1470. The van der Waals surface area contributed by atoms with Gasteiger partial charge in [0.1, 0.15) is 18.3 Å². The highest BCUT2D eigenvalue weighted by molar-refractivity contribution is 7.88. The highest BCUT2D eigenvalue weighted by Crippen LogP contribution is 2.35. The van der Waals surface area contributed by atoms with E-state index in [4.69, 9.17) is 4.74 Å². The minimum atomic E-state index is -5.78. The third-order valence-corrected chi connectivity index (χ3v) is 9.18. The fourth-order valence-corrected chi connectivity index (χ4v) is 5.64. The number of imidazole rings is 1. The standard InChI is InChI=1S/C25H30F3N3O6SSi/c1-39(2,3)12-11-36-16-31-22(15-29-23(31)21-5-4-10-30(21)24(32)33)19-7-6-18-14-20(9-8-17(18)13-19)37-38(34,35)25(26,27)28/h6-9,13-15,21H,4-5,10-12,16H2,1-3H3,(H,32,33)/t21-/m0/s1. The number of benzene rings is 2. The first-order chi connectivity index (χ1) is 18.2. The molecule has 0 unspecified atom stereocenters. The number of hydrogen-bond donors (Lipinski definition) is 1. The smallest absolute Gasteiger partial charge is 0.465 e. The highest BCUT2D eigenvalue weighted by Gasteiger charge is 2.48. The van der Waals surface area contributed by atoms with E-state index in [9.17, 15) is 31.5 Å². The van der Waals surface area contributed by atoms with E-state index >= 15 is 0 Å². The van der Waals surface area contributed by atoms with Gasteiger partial charge < -0.3 is 18.6 Å². The Morgan fingerprint density at radius 3 is 2.51 bits per heavy atom. The van der Waals surface area contributed by atoms with Gasteiger partial charge in [-0.1, -0.05) is 37.8 Å². The molecule has 0 aliphatic carbocycles. The Balaban J connectivity index is 1.66. The zero-order chi connectivity index (χ0) is 28.6. The summed E-state index contributed by atoms with van der Waals surface area (Å²) in [6.45, 7) is 7.90. The van der Waals surface area contributed by atoms with Crippen molar-refractivity contribution < 1.29 is 40.4 Å². The molecule has 9 nitrogen and oxygen atoms in total. The summed E-state index contributed by atoms with van der Waals surface area (Å²) in [4.78, 5) is 17.8. The van der Waals surface area contributed by atoms with Crippen molar-refractivity contribution in [3.63, 3.8) is 0 Å². The second kappa shape index (κ2) is 10.8. The molecule has 1 amide bonds. The molecule has 4 rings (SSSR count). The second-order valence-corrected chi connectivity index (χ2v) is 17.8. The number of likely N-dealkylation sites (tertiary alicyclic amines) is 1. The number of ether oxygens (including phenoxy) is 1. The lowest BCUT2D eigenvalue weighted by Gasteiger charge is -2.23. The molecule has 2 heterocycles. The summed E-state index contributed by atoms with van der Waals surface area (Å²) >= 11 is 0. The molecule has 1 N–H and O–H groups in total. The summed E-state index contributed by atoms with van der Waals surface area (Å²) in [6.07, 6.45) is 2.01. The van der Waals surface area contributed by atoms with Crippen LogP contribution < -0.4 is 4.18 Å². The maximum atomic E-state index is 12.7. The van der Waals surface area contributed by atoms with Gasteiger partial charge >= 0.3 is 21.7 Å². The number of carbonyl (C=O) groups is 1. The lowest BCUT2D eigenvalue weighted by Crippen LogP contribution is -2.31. The number of hydrogen-bond acceptors (Lipinski definition) is 6. The molecule has 14 heteroatoms. The van der Waals surface area contributed by atoms with Crippen molar-refractivity contribution in [1.29, 1.82) is 0 Å². The molecule has 212 valence electrons. The fourth-order valence-electron chi connectivity index (χ4n) is 4.43. The van der Waals surface area contributed by atoms with E-state index in [1.807, 2.05) is 4.57 Å². The molecular formula is C25H30F3N3O6SSi. The van der Waals surface area contributed by atoms with Crippen LogP contribution in [0.25, 0.3) is 22.0 Å². The topological polar surface area (TPSA) is 111 Å². The molecule has 0 radical (unpaired) electrons. The summed E-state index contributed by atoms with van der Waals surface area (Å²) in [5.74, 6) is 0.129. The van der Waals surface area contributed by atoms with E-state index in [-0.39, 0.29) is 6.73 Å². The highest BCUT2D eigenvalue weighted by atomic mass is 32.2. The van der Waals surface area contributed by atoms with Crippen LogP contribution in [-0.2, 0) is 21.6 Å². The first-order valence-corrected chi connectivity index (χ1v) is 17.5. The van der Waals surface area contributed by atoms with Crippen LogP contribution in [-0.4, -0.2) is 60.8 Å².